The fourth-order valence-electron chi connectivity index (χ4n) is 5.63. The highest BCUT2D eigenvalue weighted by Gasteiger charge is 2.33. The van der Waals surface area contributed by atoms with E-state index in [0.29, 0.717) is 18.4 Å². The Morgan fingerprint density at radius 2 is 2.06 bits per heavy atom. The molecule has 2 saturated heterocycles. The van der Waals surface area contributed by atoms with Gasteiger partial charge in [0.1, 0.15) is 5.82 Å². The van der Waals surface area contributed by atoms with Crippen molar-refractivity contribution in [3.63, 3.8) is 0 Å². The van der Waals surface area contributed by atoms with Crippen LogP contribution in [0.4, 0.5) is 0 Å². The Kier molecular flexibility index (Phi) is 6.59. The van der Waals surface area contributed by atoms with E-state index in [1.165, 1.54) is 11.6 Å². The zero-order chi connectivity index (χ0) is 24.6. The van der Waals surface area contributed by atoms with E-state index in [0.717, 1.165) is 68.5 Å². The molecule has 2 aromatic rings. The topological polar surface area (TPSA) is 86.1 Å². The SMILES string of the molecule is C[C@@H]1Oc2cccc(C3CCN(Cc4ncc(/C=C/C(=O)O)n4CC4COC(C)(C)C4)CC3)c2O1. The summed E-state index contributed by atoms with van der Waals surface area (Å²) < 4.78 is 19.8. The van der Waals surface area contributed by atoms with Crippen LogP contribution in [0.25, 0.3) is 6.08 Å². The maximum atomic E-state index is 11.1. The van der Waals surface area contributed by atoms with E-state index in [1.54, 1.807) is 12.3 Å². The smallest absolute Gasteiger partial charge is 0.328 e. The number of piperidine rings is 1. The molecule has 0 aliphatic carbocycles. The molecule has 0 saturated carbocycles. The number of imidazole rings is 1. The van der Waals surface area contributed by atoms with Gasteiger partial charge in [-0.25, -0.2) is 9.78 Å². The molecular formula is C27H35N3O5. The molecule has 8 heteroatoms. The highest BCUT2D eigenvalue weighted by atomic mass is 16.7. The summed E-state index contributed by atoms with van der Waals surface area (Å²) in [6, 6.07) is 6.20. The molecule has 0 bridgehead atoms. The van der Waals surface area contributed by atoms with Crippen LogP contribution in [0.2, 0.25) is 0 Å². The molecule has 188 valence electrons. The number of nitrogens with zero attached hydrogens (tertiary/aromatic N) is 3. The van der Waals surface area contributed by atoms with E-state index in [2.05, 4.69) is 35.4 Å². The number of carboxylic acids is 1. The zero-order valence-corrected chi connectivity index (χ0v) is 20.8. The van der Waals surface area contributed by atoms with Crippen molar-refractivity contribution in [1.29, 1.82) is 0 Å². The van der Waals surface area contributed by atoms with Gasteiger partial charge in [-0.1, -0.05) is 12.1 Å². The number of benzene rings is 1. The van der Waals surface area contributed by atoms with E-state index in [4.69, 9.17) is 24.3 Å². The molecule has 1 unspecified atom stereocenters. The number of fused-ring (bicyclic) bond motifs is 1. The number of aliphatic carboxylic acids is 1. The van der Waals surface area contributed by atoms with Crippen molar-refractivity contribution < 1.29 is 24.1 Å². The van der Waals surface area contributed by atoms with E-state index in [9.17, 15) is 4.79 Å². The second-order valence-electron chi connectivity index (χ2n) is 10.6. The summed E-state index contributed by atoms with van der Waals surface area (Å²) in [5.74, 6) is 2.60. The largest absolute Gasteiger partial charge is 0.478 e. The molecule has 1 aromatic heterocycles. The lowest BCUT2D eigenvalue weighted by molar-refractivity contribution is -0.131. The molecule has 1 N–H and O–H groups in total. The minimum absolute atomic E-state index is 0.117. The number of aromatic nitrogens is 2. The Balaban J connectivity index is 1.27. The zero-order valence-electron chi connectivity index (χ0n) is 20.8. The molecule has 0 radical (unpaired) electrons. The van der Waals surface area contributed by atoms with Crippen molar-refractivity contribution >= 4 is 12.0 Å². The third kappa shape index (κ3) is 5.38. The molecular weight excluding hydrogens is 446 g/mol. The monoisotopic (exact) mass is 481 g/mol. The quantitative estimate of drug-likeness (QED) is 0.591. The maximum absolute atomic E-state index is 11.1. The van der Waals surface area contributed by atoms with Crippen LogP contribution in [0.5, 0.6) is 11.5 Å². The van der Waals surface area contributed by atoms with Crippen molar-refractivity contribution in [1.82, 2.24) is 14.5 Å². The highest BCUT2D eigenvalue weighted by molar-refractivity contribution is 5.84. The number of hydrogen-bond acceptors (Lipinski definition) is 6. The van der Waals surface area contributed by atoms with Gasteiger partial charge in [0.2, 0.25) is 6.29 Å². The van der Waals surface area contributed by atoms with Crippen LogP contribution < -0.4 is 9.47 Å². The number of rotatable bonds is 7. The van der Waals surface area contributed by atoms with Gasteiger partial charge in [0, 0.05) is 31.0 Å². The molecule has 8 nitrogen and oxygen atoms in total. The summed E-state index contributed by atoms with van der Waals surface area (Å²) in [6.45, 7) is 10.3. The molecule has 0 spiro atoms. The average molecular weight is 482 g/mol. The number of para-hydroxylation sites is 1. The van der Waals surface area contributed by atoms with Crippen LogP contribution in [0.15, 0.2) is 30.5 Å². The number of ether oxygens (including phenoxy) is 3. The van der Waals surface area contributed by atoms with Crippen LogP contribution in [0, 0.1) is 5.92 Å². The lowest BCUT2D eigenvalue weighted by atomic mass is 9.88. The maximum Gasteiger partial charge on any atom is 0.328 e. The third-order valence-electron chi connectivity index (χ3n) is 7.28. The summed E-state index contributed by atoms with van der Waals surface area (Å²) >= 11 is 0. The van der Waals surface area contributed by atoms with Crippen LogP contribution in [0.3, 0.4) is 0 Å². The normalized spacial score (nSPS) is 24.4. The van der Waals surface area contributed by atoms with Gasteiger partial charge < -0.3 is 23.9 Å². The molecule has 4 heterocycles. The van der Waals surface area contributed by atoms with E-state index < -0.39 is 5.97 Å². The molecule has 1 aromatic carbocycles. The highest BCUT2D eigenvalue weighted by Crippen LogP contribution is 2.43. The summed E-state index contributed by atoms with van der Waals surface area (Å²) in [4.78, 5) is 18.3. The van der Waals surface area contributed by atoms with Gasteiger partial charge in [-0.3, -0.25) is 4.90 Å². The number of carbonyl (C=O) groups is 1. The van der Waals surface area contributed by atoms with Gasteiger partial charge in [-0.2, -0.15) is 0 Å². The van der Waals surface area contributed by atoms with Gasteiger partial charge in [0.15, 0.2) is 11.5 Å². The predicted octanol–water partition coefficient (Wildman–Crippen LogP) is 4.29. The van der Waals surface area contributed by atoms with Crippen LogP contribution in [-0.4, -0.2) is 57.1 Å². The number of hydrogen-bond donors (Lipinski definition) is 1. The summed E-state index contributed by atoms with van der Waals surface area (Å²) in [5.41, 5.74) is 1.96. The van der Waals surface area contributed by atoms with E-state index in [1.807, 2.05) is 13.0 Å². The molecule has 3 aliphatic rings. The molecule has 3 aliphatic heterocycles. The minimum atomic E-state index is -0.956. The van der Waals surface area contributed by atoms with Gasteiger partial charge in [0.05, 0.1) is 30.6 Å². The standard InChI is InChI=1S/C27H35N3O5/c1-18-34-23-6-4-5-22(26(23)35-18)20-9-11-29(12-10-20)16-24-28-14-21(7-8-25(31)32)30(24)15-19-13-27(2,3)33-17-19/h4-8,14,18-20H,9-13,15-17H2,1-3H3,(H,31,32)/b8-7+/t18-,19?/m1/s1. The minimum Gasteiger partial charge on any atom is -0.478 e. The first-order valence-electron chi connectivity index (χ1n) is 12.6. The van der Waals surface area contributed by atoms with Crippen LogP contribution >= 0.6 is 0 Å². The van der Waals surface area contributed by atoms with Gasteiger partial charge in [-0.05, 0) is 64.3 Å². The Morgan fingerprint density at radius 3 is 2.77 bits per heavy atom. The lowest BCUT2D eigenvalue weighted by Gasteiger charge is -2.32. The molecule has 0 amide bonds. The summed E-state index contributed by atoms with van der Waals surface area (Å²) in [6.07, 6.45) is 7.45. The second-order valence-corrected chi connectivity index (χ2v) is 10.6. The average Bonchev–Trinajstić information content (AvgIpc) is 3.49. The Bertz CT molecular complexity index is 1100. The fraction of sp³-hybridized carbons (Fsp3) is 0.556. The third-order valence-corrected chi connectivity index (χ3v) is 7.28. The van der Waals surface area contributed by atoms with Crippen molar-refractivity contribution in [3.05, 3.63) is 47.6 Å². The Hall–Kier alpha value is -2.84. The molecule has 5 rings (SSSR count). The first-order valence-corrected chi connectivity index (χ1v) is 12.6. The summed E-state index contributed by atoms with van der Waals surface area (Å²) in [5, 5.41) is 9.12. The second kappa shape index (κ2) is 9.66. The first-order chi connectivity index (χ1) is 16.8. The summed E-state index contributed by atoms with van der Waals surface area (Å²) in [7, 11) is 0. The van der Waals surface area contributed by atoms with Crippen molar-refractivity contribution in [2.24, 2.45) is 5.92 Å². The molecule has 35 heavy (non-hydrogen) atoms. The van der Waals surface area contributed by atoms with Crippen LogP contribution in [-0.2, 0) is 22.6 Å². The molecule has 2 atom stereocenters. The van der Waals surface area contributed by atoms with Crippen molar-refractivity contribution in [3.8, 4) is 11.5 Å². The number of likely N-dealkylation sites (tertiary alicyclic amines) is 1. The van der Waals surface area contributed by atoms with Gasteiger partial charge in [-0.15, -0.1) is 0 Å². The lowest BCUT2D eigenvalue weighted by Crippen LogP contribution is -2.33. The van der Waals surface area contributed by atoms with E-state index >= 15 is 0 Å². The Morgan fingerprint density at radius 1 is 1.26 bits per heavy atom. The first kappa shape index (κ1) is 23.9. The Labute approximate surface area is 206 Å². The van der Waals surface area contributed by atoms with Crippen molar-refractivity contribution in [2.75, 3.05) is 19.7 Å². The predicted molar refractivity (Wildman–Crippen MR) is 131 cm³/mol. The van der Waals surface area contributed by atoms with Gasteiger partial charge in [0.25, 0.3) is 0 Å². The van der Waals surface area contributed by atoms with Crippen LogP contribution in [0.1, 0.15) is 63.0 Å². The fourth-order valence-corrected chi connectivity index (χ4v) is 5.63. The van der Waals surface area contributed by atoms with Crippen molar-refractivity contribution in [2.45, 2.75) is 70.9 Å². The number of carboxylic acid groups (broad SMARTS) is 1. The van der Waals surface area contributed by atoms with E-state index in [-0.39, 0.29) is 11.9 Å². The molecule has 2 fully saturated rings. The van der Waals surface area contributed by atoms with Gasteiger partial charge >= 0.3 is 5.97 Å².